The fourth-order valence-electron chi connectivity index (χ4n) is 0.512. The van der Waals surface area contributed by atoms with Gasteiger partial charge >= 0.3 is 5.97 Å². The monoisotopic (exact) mass is 160 g/mol. The fourth-order valence-corrected chi connectivity index (χ4v) is 0.512. The lowest BCUT2D eigenvalue weighted by atomic mass is 10.2. The maximum absolute atomic E-state index is 10.6. The van der Waals surface area contributed by atoms with Crippen molar-refractivity contribution in [2.45, 2.75) is 19.4 Å². The summed E-state index contributed by atoms with van der Waals surface area (Å²) < 4.78 is 4.45. The predicted octanol–water partition coefficient (Wildman–Crippen LogP) is -1.98. The average molecular weight is 160 g/mol. The summed E-state index contributed by atoms with van der Waals surface area (Å²) in [6.45, 7) is 1.81. The molecule has 0 unspecified atom stereocenters. The van der Waals surface area contributed by atoms with E-state index in [9.17, 15) is 14.7 Å². The zero-order valence-electron chi connectivity index (χ0n) is 6.20. The van der Waals surface area contributed by atoms with Crippen LogP contribution < -0.4 is 10.8 Å². The first-order valence-corrected chi connectivity index (χ1v) is 3.20. The van der Waals surface area contributed by atoms with E-state index in [1.165, 1.54) is 0 Å². The number of carbonyl (C=O) groups is 2. The van der Waals surface area contributed by atoms with Crippen LogP contribution in [-0.4, -0.2) is 24.6 Å². The highest BCUT2D eigenvalue weighted by atomic mass is 16.5. The number of hydrogen-bond donors (Lipinski definition) is 1. The third kappa shape index (κ3) is 4.32. The molecule has 64 valence electrons. The van der Waals surface area contributed by atoms with E-state index in [0.29, 0.717) is 0 Å². The maximum atomic E-state index is 10.6. The molecule has 0 aromatic heterocycles. The quantitative estimate of drug-likeness (QED) is 0.481. The van der Waals surface area contributed by atoms with Crippen molar-refractivity contribution in [3.8, 4) is 0 Å². The molecule has 1 atom stereocenters. The van der Waals surface area contributed by atoms with Gasteiger partial charge in [0.25, 0.3) is 0 Å². The Labute approximate surface area is 64.1 Å². The highest BCUT2D eigenvalue weighted by Crippen LogP contribution is 1.90. The van der Waals surface area contributed by atoms with Gasteiger partial charge in [-0.1, -0.05) is 0 Å². The second-order valence-corrected chi connectivity index (χ2v) is 1.93. The predicted molar refractivity (Wildman–Crippen MR) is 34.2 cm³/mol. The normalized spacial score (nSPS) is 12.2. The maximum Gasteiger partial charge on any atom is 0.323 e. The van der Waals surface area contributed by atoms with Crippen LogP contribution in [0.2, 0.25) is 0 Å². The van der Waals surface area contributed by atoms with Crippen LogP contribution in [0.15, 0.2) is 0 Å². The summed E-state index contributed by atoms with van der Waals surface area (Å²) >= 11 is 0. The number of carboxylic acids is 1. The van der Waals surface area contributed by atoms with E-state index in [-0.39, 0.29) is 6.61 Å². The van der Waals surface area contributed by atoms with E-state index in [1.807, 2.05) is 0 Å². The molecule has 5 nitrogen and oxygen atoms in total. The summed E-state index contributed by atoms with van der Waals surface area (Å²) in [6, 6.07) is -1.11. The van der Waals surface area contributed by atoms with Crippen molar-refractivity contribution in [1.82, 2.24) is 0 Å². The lowest BCUT2D eigenvalue weighted by molar-refractivity contribution is -0.306. The molecular formula is C6H10NO4-. The Bertz CT molecular complexity index is 157. The second-order valence-electron chi connectivity index (χ2n) is 1.93. The number of carbonyl (C=O) groups excluding carboxylic acids is 2. The number of nitrogens with two attached hydrogens (primary N) is 1. The Morgan fingerprint density at radius 3 is 2.55 bits per heavy atom. The number of hydrogen-bond acceptors (Lipinski definition) is 5. The zero-order chi connectivity index (χ0) is 8.85. The molecule has 0 aromatic carbocycles. The van der Waals surface area contributed by atoms with Crippen molar-refractivity contribution in [2.75, 3.05) is 6.61 Å². The molecule has 0 aliphatic rings. The molecule has 0 aromatic rings. The third-order valence-corrected chi connectivity index (χ3v) is 0.976. The molecule has 0 saturated heterocycles. The first kappa shape index (κ1) is 9.90. The van der Waals surface area contributed by atoms with Crippen LogP contribution in [0.4, 0.5) is 0 Å². The summed E-state index contributed by atoms with van der Waals surface area (Å²) in [5.74, 6) is -2.07. The summed E-state index contributed by atoms with van der Waals surface area (Å²) in [7, 11) is 0. The van der Waals surface area contributed by atoms with Gasteiger partial charge in [0.15, 0.2) is 0 Å². The number of ether oxygens (including phenoxy) is 1. The Morgan fingerprint density at radius 1 is 1.64 bits per heavy atom. The van der Waals surface area contributed by atoms with Gasteiger partial charge in [0, 0.05) is 12.4 Å². The number of carboxylic acid groups (broad SMARTS) is 1. The van der Waals surface area contributed by atoms with Crippen molar-refractivity contribution in [1.29, 1.82) is 0 Å². The number of esters is 1. The molecule has 0 spiro atoms. The van der Waals surface area contributed by atoms with Gasteiger partial charge < -0.3 is 20.4 Å². The topological polar surface area (TPSA) is 92.5 Å². The first-order valence-electron chi connectivity index (χ1n) is 3.20. The summed E-state index contributed by atoms with van der Waals surface area (Å²) in [5, 5.41) is 9.92. The van der Waals surface area contributed by atoms with Gasteiger partial charge in [-0.05, 0) is 6.92 Å². The fraction of sp³-hybridized carbons (Fsp3) is 0.667. The highest BCUT2D eigenvalue weighted by molar-refractivity contribution is 5.80. The molecule has 0 amide bonds. The second kappa shape index (κ2) is 4.68. The molecule has 0 bridgehead atoms. The van der Waals surface area contributed by atoms with Gasteiger partial charge in [0.2, 0.25) is 0 Å². The van der Waals surface area contributed by atoms with Crippen LogP contribution in [-0.2, 0) is 14.3 Å². The van der Waals surface area contributed by atoms with E-state index in [4.69, 9.17) is 5.73 Å². The molecule has 5 heteroatoms. The van der Waals surface area contributed by atoms with E-state index in [2.05, 4.69) is 4.74 Å². The minimum absolute atomic E-state index is 0.194. The molecule has 0 saturated carbocycles. The Kier molecular flexibility index (Phi) is 4.21. The van der Waals surface area contributed by atoms with Crippen molar-refractivity contribution in [3.63, 3.8) is 0 Å². The summed E-state index contributed by atoms with van der Waals surface area (Å²) in [5.41, 5.74) is 5.11. The highest BCUT2D eigenvalue weighted by Gasteiger charge is 2.13. The third-order valence-electron chi connectivity index (χ3n) is 0.976. The van der Waals surface area contributed by atoms with E-state index in [0.717, 1.165) is 0 Å². The molecule has 0 radical (unpaired) electrons. The van der Waals surface area contributed by atoms with Crippen LogP contribution in [0.3, 0.4) is 0 Å². The Morgan fingerprint density at radius 2 is 2.18 bits per heavy atom. The SMILES string of the molecule is CCOC(=O)[C@@H](N)CC(=O)[O-]. The largest absolute Gasteiger partial charge is 0.550 e. The van der Waals surface area contributed by atoms with Gasteiger partial charge in [-0.25, -0.2) is 0 Å². The van der Waals surface area contributed by atoms with Crippen molar-refractivity contribution >= 4 is 11.9 Å². The van der Waals surface area contributed by atoms with Gasteiger partial charge in [0.05, 0.1) is 6.61 Å². The van der Waals surface area contributed by atoms with Crippen molar-refractivity contribution in [2.24, 2.45) is 5.73 Å². The lowest BCUT2D eigenvalue weighted by Gasteiger charge is -2.09. The molecule has 0 rings (SSSR count). The molecule has 11 heavy (non-hydrogen) atoms. The lowest BCUT2D eigenvalue weighted by Crippen LogP contribution is -2.38. The van der Waals surface area contributed by atoms with Crippen LogP contribution in [0.1, 0.15) is 13.3 Å². The van der Waals surface area contributed by atoms with Gasteiger partial charge in [-0.15, -0.1) is 0 Å². The van der Waals surface area contributed by atoms with Crippen LogP contribution >= 0.6 is 0 Å². The first-order chi connectivity index (χ1) is 5.07. The molecule has 0 aliphatic carbocycles. The summed E-state index contributed by atoms with van der Waals surface area (Å²) in [6.07, 6.45) is -0.501. The number of aliphatic carboxylic acids is 1. The Balaban J connectivity index is 3.73. The molecule has 0 fully saturated rings. The minimum atomic E-state index is -1.36. The van der Waals surface area contributed by atoms with Gasteiger partial charge in [-0.3, -0.25) is 4.79 Å². The van der Waals surface area contributed by atoms with Crippen LogP contribution in [0, 0.1) is 0 Å². The Hall–Kier alpha value is -1.10. The van der Waals surface area contributed by atoms with E-state index in [1.54, 1.807) is 6.92 Å². The van der Waals surface area contributed by atoms with E-state index < -0.39 is 24.4 Å². The van der Waals surface area contributed by atoms with Crippen LogP contribution in [0.5, 0.6) is 0 Å². The van der Waals surface area contributed by atoms with Crippen LogP contribution in [0.25, 0.3) is 0 Å². The molecule has 0 heterocycles. The van der Waals surface area contributed by atoms with Crippen molar-refractivity contribution in [3.05, 3.63) is 0 Å². The smallest absolute Gasteiger partial charge is 0.323 e. The minimum Gasteiger partial charge on any atom is -0.550 e. The molecule has 2 N–H and O–H groups in total. The standard InChI is InChI=1S/C6H11NO4/c1-2-11-6(10)4(7)3-5(8)9/h4H,2-3,7H2,1H3,(H,8,9)/p-1/t4-/m0/s1. The van der Waals surface area contributed by atoms with Gasteiger partial charge in [-0.2, -0.15) is 0 Å². The zero-order valence-corrected chi connectivity index (χ0v) is 6.20. The summed E-state index contributed by atoms with van der Waals surface area (Å²) in [4.78, 5) is 20.6. The molecular weight excluding hydrogens is 150 g/mol. The van der Waals surface area contributed by atoms with Crippen molar-refractivity contribution < 1.29 is 19.4 Å². The number of rotatable bonds is 4. The average Bonchev–Trinajstić information content (AvgIpc) is 1.86. The molecule has 0 aliphatic heterocycles. The van der Waals surface area contributed by atoms with Gasteiger partial charge in [0.1, 0.15) is 6.04 Å². The van der Waals surface area contributed by atoms with E-state index >= 15 is 0 Å².